The molecule has 10 nitrogen and oxygen atoms in total. The smallest absolute Gasteiger partial charge is 0.213 e. The lowest BCUT2D eigenvalue weighted by Crippen LogP contribution is -2.34. The van der Waals surface area contributed by atoms with Crippen LogP contribution >= 0.6 is 0 Å². The SMILES string of the molecule is O=C(Cc1cn2nc(-c3c(-c4ccc(F)cc4)ncn3C3CCN(Cc4ccon4)CC3)ccc2n1)c1ccnc(F)c1. The lowest BCUT2D eigenvalue weighted by atomic mass is 10.0. The Hall–Kier alpha value is -5.10. The molecule has 1 saturated heterocycles. The van der Waals surface area contributed by atoms with E-state index in [0.29, 0.717) is 22.7 Å². The highest BCUT2D eigenvalue weighted by Crippen LogP contribution is 2.35. The third-order valence-electron chi connectivity index (χ3n) is 7.74. The van der Waals surface area contributed by atoms with E-state index in [2.05, 4.69) is 24.6 Å². The molecule has 0 N–H and O–H groups in total. The van der Waals surface area contributed by atoms with E-state index in [1.54, 1.807) is 29.1 Å². The number of piperidine rings is 1. The molecule has 0 saturated carbocycles. The average molecular weight is 581 g/mol. The van der Waals surface area contributed by atoms with E-state index in [0.717, 1.165) is 55.5 Å². The minimum absolute atomic E-state index is 0.00613. The highest BCUT2D eigenvalue weighted by molar-refractivity contribution is 5.97. The van der Waals surface area contributed by atoms with Crippen LogP contribution in [0.25, 0.3) is 28.3 Å². The van der Waals surface area contributed by atoms with Gasteiger partial charge < -0.3 is 9.09 Å². The molecule has 0 spiro atoms. The minimum atomic E-state index is -0.707. The van der Waals surface area contributed by atoms with Gasteiger partial charge in [-0.2, -0.15) is 9.49 Å². The fourth-order valence-corrected chi connectivity index (χ4v) is 5.60. The van der Waals surface area contributed by atoms with E-state index in [1.165, 1.54) is 24.4 Å². The molecule has 6 heterocycles. The molecule has 0 unspecified atom stereocenters. The van der Waals surface area contributed by atoms with Crippen molar-refractivity contribution in [3.8, 4) is 22.6 Å². The molecule has 216 valence electrons. The summed E-state index contributed by atoms with van der Waals surface area (Å²) < 4.78 is 36.1. The number of benzene rings is 1. The number of ketones is 1. The van der Waals surface area contributed by atoms with Crippen LogP contribution in [0.3, 0.4) is 0 Å². The highest BCUT2D eigenvalue weighted by atomic mass is 19.1. The lowest BCUT2D eigenvalue weighted by molar-refractivity contribution is 0.0991. The Morgan fingerprint density at radius 1 is 0.977 bits per heavy atom. The Morgan fingerprint density at radius 2 is 1.81 bits per heavy atom. The fraction of sp³-hybridized carbons (Fsp3) is 0.226. The third kappa shape index (κ3) is 5.56. The van der Waals surface area contributed by atoms with Crippen LogP contribution in [0.15, 0.2) is 84.1 Å². The Morgan fingerprint density at radius 3 is 2.58 bits per heavy atom. The summed E-state index contributed by atoms with van der Waals surface area (Å²) in [7, 11) is 0. The van der Waals surface area contributed by atoms with Gasteiger partial charge in [0.1, 0.15) is 17.8 Å². The number of fused-ring (bicyclic) bond motifs is 1. The van der Waals surface area contributed by atoms with Crippen molar-refractivity contribution in [1.29, 1.82) is 0 Å². The molecule has 1 aliphatic heterocycles. The van der Waals surface area contributed by atoms with E-state index in [9.17, 15) is 13.6 Å². The van der Waals surface area contributed by atoms with Gasteiger partial charge in [0.05, 0.1) is 41.7 Å². The van der Waals surface area contributed by atoms with Crippen molar-refractivity contribution in [3.05, 3.63) is 108 Å². The molecule has 12 heteroatoms. The summed E-state index contributed by atoms with van der Waals surface area (Å²) in [5.41, 5.74) is 5.20. The number of rotatable bonds is 8. The van der Waals surface area contributed by atoms with Crippen LogP contribution in [0.2, 0.25) is 0 Å². The first-order valence-corrected chi connectivity index (χ1v) is 13.9. The number of carbonyl (C=O) groups is 1. The van der Waals surface area contributed by atoms with E-state index < -0.39 is 5.95 Å². The molecule has 0 aliphatic carbocycles. The summed E-state index contributed by atoms with van der Waals surface area (Å²) in [4.78, 5) is 27.9. The summed E-state index contributed by atoms with van der Waals surface area (Å²) in [6.45, 7) is 2.50. The molecule has 0 bridgehead atoms. The highest BCUT2D eigenvalue weighted by Gasteiger charge is 2.26. The van der Waals surface area contributed by atoms with Gasteiger partial charge >= 0.3 is 0 Å². The maximum absolute atomic E-state index is 13.8. The number of likely N-dealkylation sites (tertiary alicyclic amines) is 1. The number of hydrogen-bond donors (Lipinski definition) is 0. The minimum Gasteiger partial charge on any atom is -0.364 e. The molecular formula is C31H26F2N8O2. The van der Waals surface area contributed by atoms with Gasteiger partial charge in [-0.25, -0.2) is 23.9 Å². The molecule has 1 aliphatic rings. The summed E-state index contributed by atoms with van der Waals surface area (Å²) in [5, 5.41) is 8.90. The summed E-state index contributed by atoms with van der Waals surface area (Å²) >= 11 is 0. The van der Waals surface area contributed by atoms with Crippen LogP contribution in [0.4, 0.5) is 8.78 Å². The molecule has 6 aromatic rings. The van der Waals surface area contributed by atoms with Gasteiger partial charge in [0.2, 0.25) is 5.95 Å². The number of halogens is 2. The number of imidazole rings is 2. The molecule has 7 rings (SSSR count). The van der Waals surface area contributed by atoms with Crippen molar-refractivity contribution < 1.29 is 18.1 Å². The Kier molecular flexibility index (Phi) is 7.03. The maximum atomic E-state index is 13.8. The van der Waals surface area contributed by atoms with Gasteiger partial charge in [0, 0.05) is 55.1 Å². The molecule has 1 fully saturated rings. The predicted octanol–water partition coefficient (Wildman–Crippen LogP) is 5.18. The Bertz CT molecular complexity index is 1890. The molecule has 0 radical (unpaired) electrons. The van der Waals surface area contributed by atoms with Gasteiger partial charge in [0.15, 0.2) is 11.4 Å². The van der Waals surface area contributed by atoms with Crippen molar-refractivity contribution in [3.63, 3.8) is 0 Å². The number of hydrogen-bond acceptors (Lipinski definition) is 8. The number of aromatic nitrogens is 7. The number of carbonyl (C=O) groups excluding carboxylic acids is 1. The zero-order valence-electron chi connectivity index (χ0n) is 23.0. The fourth-order valence-electron chi connectivity index (χ4n) is 5.60. The van der Waals surface area contributed by atoms with Gasteiger partial charge in [-0.3, -0.25) is 9.69 Å². The van der Waals surface area contributed by atoms with Crippen molar-refractivity contribution in [2.45, 2.75) is 31.8 Å². The van der Waals surface area contributed by atoms with Gasteiger partial charge in [-0.15, -0.1) is 0 Å². The number of Topliss-reactive ketones (excluding diaryl/α,β-unsaturated/α-hetero) is 1. The second-order valence-corrected chi connectivity index (χ2v) is 10.6. The van der Waals surface area contributed by atoms with Crippen molar-refractivity contribution in [2.75, 3.05) is 13.1 Å². The van der Waals surface area contributed by atoms with Gasteiger partial charge in [-0.1, -0.05) is 5.16 Å². The van der Waals surface area contributed by atoms with E-state index in [-0.39, 0.29) is 29.6 Å². The van der Waals surface area contributed by atoms with Crippen LogP contribution in [-0.4, -0.2) is 58.1 Å². The summed E-state index contributed by atoms with van der Waals surface area (Å²) in [6, 6.07) is 14.7. The zero-order valence-corrected chi connectivity index (χ0v) is 23.0. The molecule has 43 heavy (non-hydrogen) atoms. The first-order valence-electron chi connectivity index (χ1n) is 13.9. The van der Waals surface area contributed by atoms with E-state index in [1.807, 2.05) is 24.5 Å². The normalized spacial score (nSPS) is 14.5. The van der Waals surface area contributed by atoms with E-state index >= 15 is 0 Å². The van der Waals surface area contributed by atoms with Gasteiger partial charge in [-0.05, 0) is 55.3 Å². The van der Waals surface area contributed by atoms with Crippen LogP contribution < -0.4 is 0 Å². The van der Waals surface area contributed by atoms with Crippen LogP contribution in [0.1, 0.15) is 40.6 Å². The van der Waals surface area contributed by atoms with Crippen molar-refractivity contribution >= 4 is 11.4 Å². The molecule has 0 amide bonds. The molecule has 5 aromatic heterocycles. The first kappa shape index (κ1) is 26.8. The predicted molar refractivity (Wildman–Crippen MR) is 152 cm³/mol. The monoisotopic (exact) mass is 580 g/mol. The molecular weight excluding hydrogens is 554 g/mol. The van der Waals surface area contributed by atoms with Crippen molar-refractivity contribution in [1.82, 2.24) is 39.2 Å². The zero-order chi connectivity index (χ0) is 29.3. The molecule has 1 aromatic carbocycles. The summed E-state index contributed by atoms with van der Waals surface area (Å²) in [5.74, 6) is -1.29. The number of pyridine rings is 1. The number of nitrogens with zero attached hydrogens (tertiary/aromatic N) is 8. The van der Waals surface area contributed by atoms with Crippen LogP contribution in [0, 0.1) is 11.8 Å². The average Bonchev–Trinajstić information content (AvgIpc) is 3.78. The topological polar surface area (TPSA) is 107 Å². The largest absolute Gasteiger partial charge is 0.364 e. The first-order chi connectivity index (χ1) is 21.0. The maximum Gasteiger partial charge on any atom is 0.213 e. The Labute approximate surface area is 244 Å². The lowest BCUT2D eigenvalue weighted by Gasteiger charge is -2.32. The standard InChI is InChI=1S/C31H26F2N8O2/c32-22-3-1-20(2-4-22)30-31(40(19-35-30)25-8-12-39(13-9-25)17-23-10-14-43-38-23)26-5-6-29-36-24(18-41(29)37-26)16-27(42)21-7-11-34-28(33)15-21/h1-7,10-11,14-15,18-19,25H,8-9,12-13,16-17H2. The van der Waals surface area contributed by atoms with Gasteiger partial charge in [0.25, 0.3) is 0 Å². The van der Waals surface area contributed by atoms with E-state index in [4.69, 9.17) is 14.6 Å². The summed E-state index contributed by atoms with van der Waals surface area (Å²) in [6.07, 6.45) is 8.19. The molecule has 0 atom stereocenters. The second kappa shape index (κ2) is 11.3. The van der Waals surface area contributed by atoms with Crippen LogP contribution in [-0.2, 0) is 13.0 Å². The third-order valence-corrected chi connectivity index (χ3v) is 7.74. The van der Waals surface area contributed by atoms with Crippen molar-refractivity contribution in [2.24, 2.45) is 0 Å². The van der Waals surface area contributed by atoms with Crippen LogP contribution in [0.5, 0.6) is 0 Å². The quantitative estimate of drug-likeness (QED) is 0.179. The Balaban J connectivity index is 1.20. The second-order valence-electron chi connectivity index (χ2n) is 10.6.